The molecule has 0 heterocycles. The Morgan fingerprint density at radius 2 is 1.47 bits per heavy atom. The maximum Gasteiger partial charge on any atom is 0.183 e. The Balaban J connectivity index is 1.38. The zero-order chi connectivity index (χ0) is 21.3. The zero-order valence-corrected chi connectivity index (χ0v) is 20.0. The summed E-state index contributed by atoms with van der Waals surface area (Å²) in [6, 6.07) is 3.68. The summed E-state index contributed by atoms with van der Waals surface area (Å²) in [5.41, 5.74) is 0.932. The van der Waals surface area contributed by atoms with Crippen LogP contribution in [0.1, 0.15) is 103 Å². The van der Waals surface area contributed by atoms with Gasteiger partial charge in [0.05, 0.1) is 11.6 Å². The van der Waals surface area contributed by atoms with E-state index in [-0.39, 0.29) is 10.8 Å². The number of benzene rings is 1. The lowest BCUT2D eigenvalue weighted by molar-refractivity contribution is 0.140. The Hall–Kier alpha value is -0.760. The van der Waals surface area contributed by atoms with Crippen molar-refractivity contribution in [2.45, 2.75) is 104 Å². The van der Waals surface area contributed by atoms with Crippen molar-refractivity contribution in [3.63, 3.8) is 0 Å². The van der Waals surface area contributed by atoms with Crippen molar-refractivity contribution in [1.82, 2.24) is 0 Å². The van der Waals surface area contributed by atoms with Crippen molar-refractivity contribution < 1.29 is 9.13 Å². The van der Waals surface area contributed by atoms with Crippen molar-refractivity contribution in [2.24, 2.45) is 23.7 Å². The zero-order valence-electron chi connectivity index (χ0n) is 19.2. The lowest BCUT2D eigenvalue weighted by Gasteiger charge is -2.38. The van der Waals surface area contributed by atoms with E-state index in [9.17, 15) is 4.39 Å². The highest BCUT2D eigenvalue weighted by Crippen LogP contribution is 2.43. The van der Waals surface area contributed by atoms with Gasteiger partial charge in [-0.3, -0.25) is 0 Å². The summed E-state index contributed by atoms with van der Waals surface area (Å²) < 4.78 is 19.6. The van der Waals surface area contributed by atoms with E-state index in [1.807, 2.05) is 13.0 Å². The molecule has 3 heteroatoms. The molecule has 0 bridgehead atoms. The third-order valence-corrected chi connectivity index (χ3v) is 8.32. The lowest BCUT2D eigenvalue weighted by atomic mass is 9.68. The van der Waals surface area contributed by atoms with Crippen LogP contribution in [0.15, 0.2) is 12.1 Å². The maximum absolute atomic E-state index is 14.3. The Labute approximate surface area is 189 Å². The minimum absolute atomic E-state index is 0.255. The Bertz CT molecular complexity index is 630. The number of ether oxygens (including phenoxy) is 1. The van der Waals surface area contributed by atoms with Crippen LogP contribution in [0.5, 0.6) is 5.75 Å². The van der Waals surface area contributed by atoms with Gasteiger partial charge in [0.2, 0.25) is 0 Å². The van der Waals surface area contributed by atoms with E-state index in [1.165, 1.54) is 77.0 Å². The Kier molecular flexibility index (Phi) is 9.81. The van der Waals surface area contributed by atoms with E-state index in [2.05, 4.69) is 6.92 Å². The highest BCUT2D eigenvalue weighted by molar-refractivity contribution is 6.31. The molecule has 1 nitrogen and oxygen atoms in total. The highest BCUT2D eigenvalue weighted by atomic mass is 35.5. The summed E-state index contributed by atoms with van der Waals surface area (Å²) in [5, 5.41) is 0.255. The molecule has 0 N–H and O–H groups in total. The van der Waals surface area contributed by atoms with Gasteiger partial charge in [0.15, 0.2) is 11.6 Å². The van der Waals surface area contributed by atoms with E-state index < -0.39 is 5.82 Å². The van der Waals surface area contributed by atoms with Gasteiger partial charge in [-0.25, -0.2) is 4.39 Å². The fourth-order valence-corrected chi connectivity index (χ4v) is 6.22. The van der Waals surface area contributed by atoms with Crippen LogP contribution in [0.2, 0.25) is 5.02 Å². The molecule has 170 valence electrons. The van der Waals surface area contributed by atoms with Gasteiger partial charge in [-0.2, -0.15) is 0 Å². The van der Waals surface area contributed by atoms with Gasteiger partial charge in [-0.1, -0.05) is 76.0 Å². The Morgan fingerprint density at radius 1 is 0.867 bits per heavy atom. The molecule has 2 aliphatic rings. The molecule has 2 aliphatic carbocycles. The monoisotopic (exact) mass is 436 g/mol. The molecule has 3 rings (SSSR count). The summed E-state index contributed by atoms with van der Waals surface area (Å²) in [6.45, 7) is 4.62. The van der Waals surface area contributed by atoms with Gasteiger partial charge < -0.3 is 4.74 Å². The SMILES string of the molecule is CCCCCC1CCC(C2CCC(CCc3ccc(OCC)c(F)c3Cl)CC2)CC1. The van der Waals surface area contributed by atoms with Gasteiger partial charge in [-0.05, 0) is 80.8 Å². The first-order valence-electron chi connectivity index (χ1n) is 12.7. The van der Waals surface area contributed by atoms with Crippen LogP contribution in [0, 0.1) is 29.5 Å². The second-order valence-corrected chi connectivity index (χ2v) is 10.3. The molecule has 30 heavy (non-hydrogen) atoms. The van der Waals surface area contributed by atoms with E-state index >= 15 is 0 Å². The van der Waals surface area contributed by atoms with Crippen LogP contribution in [-0.2, 0) is 6.42 Å². The predicted molar refractivity (Wildman–Crippen MR) is 126 cm³/mol. The largest absolute Gasteiger partial charge is 0.491 e. The van der Waals surface area contributed by atoms with Crippen molar-refractivity contribution in [3.05, 3.63) is 28.5 Å². The maximum atomic E-state index is 14.3. The second-order valence-electron chi connectivity index (χ2n) is 9.88. The first kappa shape index (κ1) is 23.9. The molecule has 0 spiro atoms. The van der Waals surface area contributed by atoms with E-state index in [0.717, 1.165) is 42.1 Å². The topological polar surface area (TPSA) is 9.23 Å². The predicted octanol–water partition coefficient (Wildman–Crippen LogP) is 9.00. The number of halogens is 2. The minimum atomic E-state index is -0.398. The average molecular weight is 437 g/mol. The minimum Gasteiger partial charge on any atom is -0.491 e. The molecular formula is C27H42ClFO. The van der Waals surface area contributed by atoms with Crippen molar-refractivity contribution in [1.29, 1.82) is 0 Å². The molecule has 0 aliphatic heterocycles. The van der Waals surface area contributed by atoms with Crippen LogP contribution >= 0.6 is 11.6 Å². The number of rotatable bonds is 10. The van der Waals surface area contributed by atoms with Gasteiger partial charge in [0.25, 0.3) is 0 Å². The van der Waals surface area contributed by atoms with Crippen LogP contribution in [0.25, 0.3) is 0 Å². The highest BCUT2D eigenvalue weighted by Gasteiger charge is 2.30. The summed E-state index contributed by atoms with van der Waals surface area (Å²) in [4.78, 5) is 0. The smallest absolute Gasteiger partial charge is 0.183 e. The second kappa shape index (κ2) is 12.3. The van der Waals surface area contributed by atoms with Crippen LogP contribution in [-0.4, -0.2) is 6.61 Å². The van der Waals surface area contributed by atoms with Crippen molar-refractivity contribution in [3.8, 4) is 5.75 Å². The average Bonchev–Trinajstić information content (AvgIpc) is 2.78. The molecule has 1 aromatic carbocycles. The molecule has 0 unspecified atom stereocenters. The molecule has 0 saturated heterocycles. The fraction of sp³-hybridized carbons (Fsp3) is 0.778. The Morgan fingerprint density at radius 3 is 2.03 bits per heavy atom. The van der Waals surface area contributed by atoms with Crippen molar-refractivity contribution in [2.75, 3.05) is 6.61 Å². The van der Waals surface area contributed by atoms with Gasteiger partial charge >= 0.3 is 0 Å². The van der Waals surface area contributed by atoms with Gasteiger partial charge in [0, 0.05) is 0 Å². The van der Waals surface area contributed by atoms with E-state index in [1.54, 1.807) is 6.07 Å². The van der Waals surface area contributed by atoms with Gasteiger partial charge in [0.1, 0.15) is 0 Å². The summed E-state index contributed by atoms with van der Waals surface area (Å²) in [6.07, 6.45) is 19.1. The summed E-state index contributed by atoms with van der Waals surface area (Å²) in [7, 11) is 0. The third kappa shape index (κ3) is 6.62. The molecule has 0 radical (unpaired) electrons. The number of hydrogen-bond donors (Lipinski definition) is 0. The van der Waals surface area contributed by atoms with Crippen LogP contribution < -0.4 is 4.74 Å². The number of hydrogen-bond acceptors (Lipinski definition) is 1. The van der Waals surface area contributed by atoms with Crippen LogP contribution in [0.4, 0.5) is 4.39 Å². The van der Waals surface area contributed by atoms with Gasteiger partial charge in [-0.15, -0.1) is 0 Å². The molecular weight excluding hydrogens is 395 g/mol. The fourth-order valence-electron chi connectivity index (χ4n) is 5.97. The molecule has 0 amide bonds. The molecule has 2 fully saturated rings. The molecule has 0 atom stereocenters. The molecule has 1 aromatic rings. The first-order chi connectivity index (χ1) is 14.6. The normalized spacial score (nSPS) is 27.2. The lowest BCUT2D eigenvalue weighted by Crippen LogP contribution is -2.26. The number of unbranched alkanes of at least 4 members (excludes halogenated alkanes) is 2. The van der Waals surface area contributed by atoms with Crippen LogP contribution in [0.3, 0.4) is 0 Å². The third-order valence-electron chi connectivity index (χ3n) is 7.91. The van der Waals surface area contributed by atoms with E-state index in [0.29, 0.717) is 6.61 Å². The van der Waals surface area contributed by atoms with E-state index in [4.69, 9.17) is 16.3 Å². The first-order valence-corrected chi connectivity index (χ1v) is 13.1. The molecule has 0 aromatic heterocycles. The summed E-state index contributed by atoms with van der Waals surface area (Å²) >= 11 is 6.27. The number of aryl methyl sites for hydroxylation is 1. The van der Waals surface area contributed by atoms with Crippen molar-refractivity contribution >= 4 is 11.6 Å². The quantitative estimate of drug-likeness (QED) is 0.332. The summed E-state index contributed by atoms with van der Waals surface area (Å²) in [5.74, 6) is 3.62. The molecule has 2 saturated carbocycles. The standard InChI is InChI=1S/C27H42ClFO/c1-3-5-6-7-20-8-13-22(14-9-20)23-15-10-21(11-16-23)12-17-24-18-19-25(30-4-2)27(29)26(24)28/h18-23H,3-17H2,1-2H3.